The highest BCUT2D eigenvalue weighted by Gasteiger charge is 2.16. The average molecular weight is 279 g/mol. The quantitative estimate of drug-likeness (QED) is 0.829. The van der Waals surface area contributed by atoms with Crippen LogP contribution >= 0.6 is 0 Å². The normalized spacial score (nSPS) is 17.9. The van der Waals surface area contributed by atoms with Gasteiger partial charge in [0, 0.05) is 37.7 Å². The van der Waals surface area contributed by atoms with E-state index in [0.29, 0.717) is 12.6 Å². The summed E-state index contributed by atoms with van der Waals surface area (Å²) in [6.45, 7) is 4.03. The molecule has 1 amide bonds. The molecule has 5 nitrogen and oxygen atoms in total. The van der Waals surface area contributed by atoms with Gasteiger partial charge in [-0.15, -0.1) is 0 Å². The SMILES string of the molecule is CCC(NC)c1ccn(CC(=O)NC2CCOCC2)c1. The Labute approximate surface area is 120 Å². The lowest BCUT2D eigenvalue weighted by Crippen LogP contribution is -2.40. The van der Waals surface area contributed by atoms with Gasteiger partial charge >= 0.3 is 0 Å². The first-order valence-corrected chi connectivity index (χ1v) is 7.43. The van der Waals surface area contributed by atoms with E-state index in [1.807, 2.05) is 24.0 Å². The van der Waals surface area contributed by atoms with Crippen molar-refractivity contribution in [3.05, 3.63) is 24.0 Å². The molecule has 0 bridgehead atoms. The summed E-state index contributed by atoms with van der Waals surface area (Å²) in [6, 6.07) is 2.70. The van der Waals surface area contributed by atoms with Crippen LogP contribution in [0.5, 0.6) is 0 Å². The Morgan fingerprint density at radius 2 is 2.25 bits per heavy atom. The van der Waals surface area contributed by atoms with Crippen LogP contribution in [0, 0.1) is 0 Å². The van der Waals surface area contributed by atoms with E-state index >= 15 is 0 Å². The number of nitrogens with zero attached hydrogens (tertiary/aromatic N) is 1. The Balaban J connectivity index is 1.84. The summed E-state index contributed by atoms with van der Waals surface area (Å²) in [5.41, 5.74) is 1.23. The van der Waals surface area contributed by atoms with Gasteiger partial charge in [-0.3, -0.25) is 4.79 Å². The number of carbonyl (C=O) groups excluding carboxylic acids is 1. The number of carbonyl (C=O) groups is 1. The van der Waals surface area contributed by atoms with Gasteiger partial charge in [0.2, 0.25) is 5.91 Å². The fraction of sp³-hybridized carbons (Fsp3) is 0.667. The molecule has 1 saturated heterocycles. The van der Waals surface area contributed by atoms with Crippen molar-refractivity contribution >= 4 is 5.91 Å². The fourth-order valence-corrected chi connectivity index (χ4v) is 2.65. The van der Waals surface area contributed by atoms with Crippen LogP contribution in [0.25, 0.3) is 0 Å². The smallest absolute Gasteiger partial charge is 0.240 e. The molecule has 2 heterocycles. The van der Waals surface area contributed by atoms with Gasteiger partial charge in [0.25, 0.3) is 0 Å². The third-order valence-electron chi connectivity index (χ3n) is 3.85. The zero-order valence-corrected chi connectivity index (χ0v) is 12.4. The van der Waals surface area contributed by atoms with Crippen molar-refractivity contribution in [2.24, 2.45) is 0 Å². The molecule has 1 aliphatic rings. The fourth-order valence-electron chi connectivity index (χ4n) is 2.65. The summed E-state index contributed by atoms with van der Waals surface area (Å²) in [4.78, 5) is 12.0. The van der Waals surface area contributed by atoms with Crippen molar-refractivity contribution in [2.45, 2.75) is 44.8 Å². The molecule has 2 N–H and O–H groups in total. The third-order valence-corrected chi connectivity index (χ3v) is 3.85. The van der Waals surface area contributed by atoms with Crippen molar-refractivity contribution in [3.8, 4) is 0 Å². The first-order valence-electron chi connectivity index (χ1n) is 7.43. The largest absolute Gasteiger partial charge is 0.381 e. The predicted molar refractivity (Wildman–Crippen MR) is 78.5 cm³/mol. The zero-order chi connectivity index (χ0) is 14.4. The van der Waals surface area contributed by atoms with E-state index < -0.39 is 0 Å². The lowest BCUT2D eigenvalue weighted by molar-refractivity contribution is -0.122. The van der Waals surface area contributed by atoms with E-state index in [2.05, 4.69) is 23.6 Å². The van der Waals surface area contributed by atoms with Gasteiger partial charge in [0.15, 0.2) is 0 Å². The monoisotopic (exact) mass is 279 g/mol. The molecule has 0 aliphatic carbocycles. The number of aromatic nitrogens is 1. The maximum absolute atomic E-state index is 12.0. The number of nitrogens with one attached hydrogen (secondary N) is 2. The molecule has 5 heteroatoms. The highest BCUT2D eigenvalue weighted by Crippen LogP contribution is 2.16. The molecule has 0 spiro atoms. The van der Waals surface area contributed by atoms with E-state index in [9.17, 15) is 4.79 Å². The van der Waals surface area contributed by atoms with E-state index in [1.54, 1.807) is 0 Å². The van der Waals surface area contributed by atoms with Crippen LogP contribution in [0.2, 0.25) is 0 Å². The van der Waals surface area contributed by atoms with Crippen LogP contribution in [-0.2, 0) is 16.1 Å². The number of rotatable bonds is 6. The predicted octanol–water partition coefficient (Wildman–Crippen LogP) is 1.45. The molecule has 112 valence electrons. The van der Waals surface area contributed by atoms with Crippen molar-refractivity contribution in [1.29, 1.82) is 0 Å². The summed E-state index contributed by atoms with van der Waals surface area (Å²) in [7, 11) is 1.96. The standard InChI is InChI=1S/C15H25N3O2/c1-3-14(16-2)12-4-7-18(10-12)11-15(19)17-13-5-8-20-9-6-13/h4,7,10,13-14,16H,3,5-6,8-9,11H2,1-2H3,(H,17,19). The van der Waals surface area contributed by atoms with Gasteiger partial charge in [-0.1, -0.05) is 6.92 Å². The van der Waals surface area contributed by atoms with Gasteiger partial charge < -0.3 is 19.9 Å². The summed E-state index contributed by atoms with van der Waals surface area (Å²) in [5.74, 6) is 0.0801. The second-order valence-electron chi connectivity index (χ2n) is 5.32. The van der Waals surface area contributed by atoms with Crippen LogP contribution in [0.3, 0.4) is 0 Å². The molecule has 1 aromatic rings. The molecule has 20 heavy (non-hydrogen) atoms. The van der Waals surface area contributed by atoms with Gasteiger partial charge in [-0.25, -0.2) is 0 Å². The molecule has 1 aliphatic heterocycles. The molecule has 1 fully saturated rings. The van der Waals surface area contributed by atoms with E-state index in [-0.39, 0.29) is 11.9 Å². The first kappa shape index (κ1) is 15.1. The summed E-state index contributed by atoms with van der Waals surface area (Å²) in [5, 5.41) is 6.35. The Kier molecular flexibility index (Phi) is 5.61. The van der Waals surface area contributed by atoms with E-state index in [1.165, 1.54) is 5.56 Å². The van der Waals surface area contributed by atoms with Gasteiger partial charge in [-0.2, -0.15) is 0 Å². The first-order chi connectivity index (χ1) is 9.72. The molecule has 1 atom stereocenters. The minimum Gasteiger partial charge on any atom is -0.381 e. The van der Waals surface area contributed by atoms with E-state index in [4.69, 9.17) is 4.74 Å². The maximum Gasteiger partial charge on any atom is 0.240 e. The lowest BCUT2D eigenvalue weighted by atomic mass is 10.1. The van der Waals surface area contributed by atoms with Crippen molar-refractivity contribution in [3.63, 3.8) is 0 Å². The van der Waals surface area contributed by atoms with Gasteiger partial charge in [0.1, 0.15) is 6.54 Å². The zero-order valence-electron chi connectivity index (χ0n) is 12.4. The second-order valence-corrected chi connectivity index (χ2v) is 5.32. The molecule has 2 rings (SSSR count). The maximum atomic E-state index is 12.0. The minimum absolute atomic E-state index is 0.0801. The van der Waals surface area contributed by atoms with Crippen LogP contribution in [-0.4, -0.2) is 36.8 Å². The molecule has 1 unspecified atom stereocenters. The summed E-state index contributed by atoms with van der Waals surface area (Å²) in [6.07, 6.45) is 6.89. The minimum atomic E-state index is 0.0801. The molecule has 1 aromatic heterocycles. The lowest BCUT2D eigenvalue weighted by Gasteiger charge is -2.23. The van der Waals surface area contributed by atoms with Crippen molar-refractivity contribution in [1.82, 2.24) is 15.2 Å². The Bertz CT molecular complexity index is 421. The molecular formula is C15H25N3O2. The van der Waals surface area contributed by atoms with Gasteiger partial charge in [0.05, 0.1) is 0 Å². The Morgan fingerprint density at radius 1 is 1.50 bits per heavy atom. The second kappa shape index (κ2) is 7.45. The molecular weight excluding hydrogens is 254 g/mol. The van der Waals surface area contributed by atoms with Gasteiger partial charge in [-0.05, 0) is 37.9 Å². The Morgan fingerprint density at radius 3 is 2.90 bits per heavy atom. The van der Waals surface area contributed by atoms with Crippen molar-refractivity contribution in [2.75, 3.05) is 20.3 Å². The molecule has 0 radical (unpaired) electrons. The summed E-state index contributed by atoms with van der Waals surface area (Å²) >= 11 is 0. The molecule has 0 saturated carbocycles. The number of hydrogen-bond acceptors (Lipinski definition) is 3. The number of hydrogen-bond donors (Lipinski definition) is 2. The molecule has 0 aromatic carbocycles. The average Bonchev–Trinajstić information content (AvgIpc) is 2.89. The van der Waals surface area contributed by atoms with Crippen LogP contribution < -0.4 is 10.6 Å². The Hall–Kier alpha value is -1.33. The third kappa shape index (κ3) is 4.08. The number of amides is 1. The van der Waals surface area contributed by atoms with Crippen molar-refractivity contribution < 1.29 is 9.53 Å². The van der Waals surface area contributed by atoms with E-state index in [0.717, 1.165) is 32.5 Å². The highest BCUT2D eigenvalue weighted by atomic mass is 16.5. The van der Waals surface area contributed by atoms with Crippen LogP contribution in [0.4, 0.5) is 0 Å². The summed E-state index contributed by atoms with van der Waals surface area (Å²) < 4.78 is 7.24. The van der Waals surface area contributed by atoms with Crippen LogP contribution in [0.15, 0.2) is 18.5 Å². The highest BCUT2D eigenvalue weighted by molar-refractivity contribution is 5.76. The van der Waals surface area contributed by atoms with Crippen LogP contribution in [0.1, 0.15) is 37.8 Å². The topological polar surface area (TPSA) is 55.3 Å². The number of ether oxygens (including phenoxy) is 1.